The van der Waals surface area contributed by atoms with Crippen LogP contribution in [0.3, 0.4) is 0 Å². The molecule has 3 aromatic rings. The molecule has 0 unspecified atom stereocenters. The van der Waals surface area contributed by atoms with Crippen molar-refractivity contribution in [1.82, 2.24) is 9.97 Å². The number of rotatable bonds is 5. The second-order valence-corrected chi connectivity index (χ2v) is 7.12. The fourth-order valence-electron chi connectivity index (χ4n) is 2.57. The Morgan fingerprint density at radius 3 is 2.47 bits per heavy atom. The predicted octanol–water partition coefficient (Wildman–Crippen LogP) is 5.97. The quantitative estimate of drug-likeness (QED) is 0.466. The highest BCUT2D eigenvalue weighted by Gasteiger charge is 2.39. The van der Waals surface area contributed by atoms with E-state index in [0.717, 1.165) is 6.07 Å². The summed E-state index contributed by atoms with van der Waals surface area (Å²) in [5.74, 6) is -3.88. The summed E-state index contributed by atoms with van der Waals surface area (Å²) in [7, 11) is 0. The number of halogens is 6. The van der Waals surface area contributed by atoms with Crippen LogP contribution >= 0.6 is 11.6 Å². The Kier molecular flexibility index (Phi) is 6.63. The first-order valence-corrected chi connectivity index (χ1v) is 9.47. The van der Waals surface area contributed by atoms with E-state index >= 15 is 0 Å². The highest BCUT2D eigenvalue weighted by Crippen LogP contribution is 2.32. The van der Waals surface area contributed by atoms with Crippen LogP contribution < -0.4 is 10.1 Å². The molecule has 2 heterocycles. The van der Waals surface area contributed by atoms with E-state index in [-0.39, 0.29) is 16.3 Å². The summed E-state index contributed by atoms with van der Waals surface area (Å²) in [5.41, 5.74) is -0.707. The minimum absolute atomic E-state index is 0.154. The molecular weight excluding hydrogens is 457 g/mol. The van der Waals surface area contributed by atoms with Crippen LogP contribution in [0.5, 0.6) is 5.88 Å². The molecule has 11 heteroatoms. The van der Waals surface area contributed by atoms with Gasteiger partial charge in [0.15, 0.2) is 11.9 Å². The van der Waals surface area contributed by atoms with Gasteiger partial charge in [-0.2, -0.15) is 13.2 Å². The lowest BCUT2D eigenvalue weighted by atomic mass is 10.1. The normalized spacial score (nSPS) is 12.4. The Morgan fingerprint density at radius 2 is 1.88 bits per heavy atom. The van der Waals surface area contributed by atoms with Crippen LogP contribution in [-0.4, -0.2) is 28.2 Å². The Labute approximate surface area is 184 Å². The number of hydrogen-bond donors (Lipinski definition) is 1. The number of anilines is 1. The average Bonchev–Trinajstić information content (AvgIpc) is 2.71. The van der Waals surface area contributed by atoms with E-state index in [1.165, 1.54) is 24.4 Å². The fraction of sp³-hybridized carbons (Fsp3) is 0.190. The van der Waals surface area contributed by atoms with Crippen molar-refractivity contribution in [3.63, 3.8) is 0 Å². The van der Waals surface area contributed by atoms with Gasteiger partial charge in [-0.15, -0.1) is 0 Å². The van der Waals surface area contributed by atoms with Gasteiger partial charge in [0.2, 0.25) is 5.88 Å². The van der Waals surface area contributed by atoms with E-state index in [1.807, 2.05) is 0 Å². The predicted molar refractivity (Wildman–Crippen MR) is 108 cm³/mol. The van der Waals surface area contributed by atoms with Crippen LogP contribution in [0.2, 0.25) is 5.02 Å². The van der Waals surface area contributed by atoms with Gasteiger partial charge in [-0.1, -0.05) is 17.7 Å². The minimum atomic E-state index is -4.79. The van der Waals surface area contributed by atoms with Crippen molar-refractivity contribution in [2.24, 2.45) is 0 Å². The standard InChI is InChI=1S/C21H15ClF5N3O2/c1-10-6-7-12(9-28-10)17-16(24)8-13(20(30-17)32-11(2)21(25,26)27)19(31)29-18-14(22)4-3-5-15(18)23/h3-9,11H,1-2H3,(H,29,31)/t11-/m0/s1. The summed E-state index contributed by atoms with van der Waals surface area (Å²) in [6.07, 6.45) is -5.88. The molecule has 0 spiro atoms. The zero-order valence-electron chi connectivity index (χ0n) is 16.6. The summed E-state index contributed by atoms with van der Waals surface area (Å²) < 4.78 is 72.9. The molecule has 2 aromatic heterocycles. The molecule has 1 atom stereocenters. The summed E-state index contributed by atoms with van der Waals surface area (Å²) in [5, 5.41) is 1.95. The molecule has 0 saturated carbocycles. The molecule has 0 bridgehead atoms. The van der Waals surface area contributed by atoms with E-state index in [1.54, 1.807) is 13.0 Å². The number of benzene rings is 1. The third kappa shape index (κ3) is 5.13. The maximum absolute atomic E-state index is 14.8. The lowest BCUT2D eigenvalue weighted by Crippen LogP contribution is -2.32. The smallest absolute Gasteiger partial charge is 0.425 e. The van der Waals surface area contributed by atoms with E-state index in [0.29, 0.717) is 18.7 Å². The van der Waals surface area contributed by atoms with Gasteiger partial charge in [0, 0.05) is 17.5 Å². The number of aryl methyl sites for hydroxylation is 1. The maximum Gasteiger partial charge on any atom is 0.425 e. The number of hydrogen-bond acceptors (Lipinski definition) is 4. The minimum Gasteiger partial charge on any atom is -0.464 e. The number of para-hydroxylation sites is 1. The monoisotopic (exact) mass is 471 g/mol. The summed E-state index contributed by atoms with van der Waals surface area (Å²) in [6.45, 7) is 2.39. The Hall–Kier alpha value is -3.27. The van der Waals surface area contributed by atoms with E-state index in [9.17, 15) is 26.7 Å². The van der Waals surface area contributed by atoms with Gasteiger partial charge in [-0.05, 0) is 44.2 Å². The molecule has 0 aliphatic heterocycles. The molecule has 0 aliphatic carbocycles. The van der Waals surface area contributed by atoms with Crippen LogP contribution in [0.25, 0.3) is 11.3 Å². The SMILES string of the molecule is Cc1ccc(-c2nc(O[C@@H](C)C(F)(F)F)c(C(=O)Nc3c(F)cccc3Cl)cc2F)cn1. The third-order valence-electron chi connectivity index (χ3n) is 4.32. The molecule has 0 aliphatic rings. The zero-order valence-corrected chi connectivity index (χ0v) is 17.4. The van der Waals surface area contributed by atoms with Gasteiger partial charge < -0.3 is 10.1 Å². The number of nitrogens with zero attached hydrogens (tertiary/aromatic N) is 2. The van der Waals surface area contributed by atoms with Crippen molar-refractivity contribution in [2.45, 2.75) is 26.1 Å². The van der Waals surface area contributed by atoms with Gasteiger partial charge in [-0.3, -0.25) is 9.78 Å². The second kappa shape index (κ2) is 9.07. The van der Waals surface area contributed by atoms with E-state index in [4.69, 9.17) is 16.3 Å². The van der Waals surface area contributed by atoms with Crippen LogP contribution in [0.15, 0.2) is 42.6 Å². The number of amides is 1. The van der Waals surface area contributed by atoms with E-state index in [2.05, 4.69) is 15.3 Å². The molecule has 0 radical (unpaired) electrons. The molecule has 5 nitrogen and oxygen atoms in total. The summed E-state index contributed by atoms with van der Waals surface area (Å²) in [4.78, 5) is 20.5. The number of alkyl halides is 3. The highest BCUT2D eigenvalue weighted by molar-refractivity contribution is 6.34. The molecule has 0 saturated heterocycles. The molecule has 1 N–H and O–H groups in total. The molecule has 0 fully saturated rings. The van der Waals surface area contributed by atoms with Gasteiger partial charge in [0.05, 0.1) is 10.7 Å². The van der Waals surface area contributed by atoms with Crippen LogP contribution in [0.4, 0.5) is 27.6 Å². The number of carbonyl (C=O) groups is 1. The molecule has 168 valence electrons. The van der Waals surface area contributed by atoms with Crippen molar-refractivity contribution in [3.8, 4) is 17.1 Å². The molecular formula is C21H15ClF5N3O2. The number of nitrogens with one attached hydrogen (secondary N) is 1. The Balaban J connectivity index is 2.08. The molecule has 3 rings (SSSR count). The highest BCUT2D eigenvalue weighted by atomic mass is 35.5. The second-order valence-electron chi connectivity index (χ2n) is 6.71. The first-order chi connectivity index (χ1) is 15.0. The molecule has 1 amide bonds. The van der Waals surface area contributed by atoms with Crippen LogP contribution in [0, 0.1) is 18.6 Å². The lowest BCUT2D eigenvalue weighted by Gasteiger charge is -2.20. The largest absolute Gasteiger partial charge is 0.464 e. The topological polar surface area (TPSA) is 64.1 Å². The Morgan fingerprint density at radius 1 is 1.16 bits per heavy atom. The molecule has 1 aromatic carbocycles. The summed E-state index contributed by atoms with van der Waals surface area (Å²) >= 11 is 5.86. The average molecular weight is 472 g/mol. The Bertz CT molecular complexity index is 1130. The van der Waals surface area contributed by atoms with Crippen molar-refractivity contribution in [1.29, 1.82) is 0 Å². The summed E-state index contributed by atoms with van der Waals surface area (Å²) in [6, 6.07) is 7.26. The van der Waals surface area contributed by atoms with Gasteiger partial charge >= 0.3 is 6.18 Å². The zero-order chi connectivity index (χ0) is 23.6. The number of aromatic nitrogens is 2. The first kappa shape index (κ1) is 23.4. The number of carbonyl (C=O) groups excluding carboxylic acids is 1. The van der Waals surface area contributed by atoms with Crippen molar-refractivity contribution >= 4 is 23.2 Å². The van der Waals surface area contributed by atoms with Gasteiger partial charge in [0.1, 0.15) is 17.1 Å². The van der Waals surface area contributed by atoms with Crippen molar-refractivity contribution in [3.05, 3.63) is 70.5 Å². The molecule has 32 heavy (non-hydrogen) atoms. The fourth-order valence-corrected chi connectivity index (χ4v) is 2.78. The van der Waals surface area contributed by atoms with Crippen molar-refractivity contribution < 1.29 is 31.5 Å². The number of ether oxygens (including phenoxy) is 1. The first-order valence-electron chi connectivity index (χ1n) is 9.09. The number of pyridine rings is 2. The van der Waals surface area contributed by atoms with E-state index < -0.39 is 47.0 Å². The van der Waals surface area contributed by atoms with Gasteiger partial charge in [0.25, 0.3) is 5.91 Å². The maximum atomic E-state index is 14.8. The van der Waals surface area contributed by atoms with Gasteiger partial charge in [-0.25, -0.2) is 13.8 Å². The van der Waals surface area contributed by atoms with Crippen LogP contribution in [-0.2, 0) is 0 Å². The third-order valence-corrected chi connectivity index (χ3v) is 4.64. The van der Waals surface area contributed by atoms with Crippen molar-refractivity contribution in [2.75, 3.05) is 5.32 Å². The van der Waals surface area contributed by atoms with Crippen LogP contribution in [0.1, 0.15) is 23.0 Å². The lowest BCUT2D eigenvalue weighted by molar-refractivity contribution is -0.190.